The van der Waals surface area contributed by atoms with Crippen LogP contribution < -0.4 is 20.1 Å². The predicted octanol–water partition coefficient (Wildman–Crippen LogP) is 2.85. The van der Waals surface area contributed by atoms with Crippen LogP contribution in [0.2, 0.25) is 0 Å². The van der Waals surface area contributed by atoms with Gasteiger partial charge in [0.1, 0.15) is 6.54 Å². The zero-order valence-corrected chi connectivity index (χ0v) is 16.1. The van der Waals surface area contributed by atoms with Gasteiger partial charge in [0, 0.05) is 35.8 Å². The molecule has 3 aromatic rings. The van der Waals surface area contributed by atoms with E-state index in [0.29, 0.717) is 18.1 Å². The summed E-state index contributed by atoms with van der Waals surface area (Å²) < 4.78 is 36.8. The minimum Gasteiger partial charge on any atom is -0.395 e. The summed E-state index contributed by atoms with van der Waals surface area (Å²) in [5.74, 6) is 0.271. The van der Waals surface area contributed by atoms with Crippen molar-refractivity contribution in [2.45, 2.75) is 26.7 Å². The molecule has 30 heavy (non-hydrogen) atoms. The summed E-state index contributed by atoms with van der Waals surface area (Å²) in [7, 11) is 0. The zero-order valence-electron chi connectivity index (χ0n) is 16.1. The van der Waals surface area contributed by atoms with Crippen molar-refractivity contribution in [2.75, 3.05) is 11.9 Å². The number of hydrogen-bond acceptors (Lipinski definition) is 7. The average molecular weight is 416 g/mol. The number of aromatic nitrogens is 4. The molecule has 0 atom stereocenters. The number of hydrogen-bond donors (Lipinski definition) is 2. The minimum atomic E-state index is -3.69. The van der Waals surface area contributed by atoms with Gasteiger partial charge in [0.2, 0.25) is 11.9 Å². The van der Waals surface area contributed by atoms with E-state index in [-0.39, 0.29) is 29.9 Å². The number of amides is 1. The summed E-state index contributed by atoms with van der Waals surface area (Å²) in [6.07, 6.45) is -2.05. The molecule has 0 spiro atoms. The lowest BCUT2D eigenvalue weighted by molar-refractivity contribution is -0.286. The van der Waals surface area contributed by atoms with Gasteiger partial charge in [0.25, 0.3) is 0 Å². The van der Waals surface area contributed by atoms with Crippen LogP contribution >= 0.6 is 0 Å². The fraction of sp³-hybridized carbons (Fsp3) is 0.263. The minimum absolute atomic E-state index is 0.0351. The molecule has 2 aromatic heterocycles. The number of fused-ring (bicyclic) bond motifs is 1. The SMILES string of the molecule is CCNC(=O)Cn1nc(Nc2ccc3c(c2)OC(F)(F)O3)nc1-c1ccnc(C)c1. The first-order valence-corrected chi connectivity index (χ1v) is 9.14. The summed E-state index contributed by atoms with van der Waals surface area (Å²) in [6.45, 7) is 4.12. The highest BCUT2D eigenvalue weighted by Gasteiger charge is 2.43. The van der Waals surface area contributed by atoms with E-state index in [4.69, 9.17) is 0 Å². The molecular weight excluding hydrogens is 398 g/mol. The Bertz CT molecular complexity index is 1100. The number of pyridine rings is 1. The van der Waals surface area contributed by atoms with E-state index in [2.05, 4.69) is 35.2 Å². The lowest BCUT2D eigenvalue weighted by atomic mass is 10.2. The Kier molecular flexibility index (Phi) is 4.94. The second kappa shape index (κ2) is 7.58. The largest absolute Gasteiger partial charge is 0.586 e. The van der Waals surface area contributed by atoms with Gasteiger partial charge in [-0.1, -0.05) is 0 Å². The fourth-order valence-corrected chi connectivity index (χ4v) is 2.95. The van der Waals surface area contributed by atoms with E-state index in [1.165, 1.54) is 22.9 Å². The lowest BCUT2D eigenvalue weighted by Crippen LogP contribution is -2.27. The molecule has 11 heteroatoms. The summed E-state index contributed by atoms with van der Waals surface area (Å²) in [6, 6.07) is 7.83. The third-order valence-corrected chi connectivity index (χ3v) is 4.15. The summed E-state index contributed by atoms with van der Waals surface area (Å²) in [5.41, 5.74) is 1.94. The van der Waals surface area contributed by atoms with E-state index >= 15 is 0 Å². The van der Waals surface area contributed by atoms with Crippen molar-refractivity contribution in [3.8, 4) is 22.9 Å². The second-order valence-corrected chi connectivity index (χ2v) is 6.51. The number of anilines is 2. The molecule has 156 valence electrons. The molecule has 0 bridgehead atoms. The van der Waals surface area contributed by atoms with Crippen molar-refractivity contribution >= 4 is 17.5 Å². The van der Waals surface area contributed by atoms with Crippen LogP contribution in [0.3, 0.4) is 0 Å². The van der Waals surface area contributed by atoms with Crippen LogP contribution in [0.4, 0.5) is 20.4 Å². The number of carbonyl (C=O) groups excluding carboxylic acids is 1. The number of likely N-dealkylation sites (N-methyl/N-ethyl adjacent to an activating group) is 1. The van der Waals surface area contributed by atoms with Crippen molar-refractivity contribution in [1.82, 2.24) is 25.1 Å². The van der Waals surface area contributed by atoms with Crippen molar-refractivity contribution < 1.29 is 23.0 Å². The van der Waals surface area contributed by atoms with E-state index in [9.17, 15) is 13.6 Å². The van der Waals surface area contributed by atoms with Crippen molar-refractivity contribution in [1.29, 1.82) is 0 Å². The fourth-order valence-electron chi connectivity index (χ4n) is 2.95. The Morgan fingerprint density at radius 1 is 1.20 bits per heavy atom. The van der Waals surface area contributed by atoms with Crippen LogP contribution in [0.5, 0.6) is 11.5 Å². The maximum absolute atomic E-state index is 13.2. The lowest BCUT2D eigenvalue weighted by Gasteiger charge is -2.06. The van der Waals surface area contributed by atoms with Gasteiger partial charge in [-0.05, 0) is 38.1 Å². The molecule has 0 radical (unpaired) electrons. The van der Waals surface area contributed by atoms with Crippen LogP contribution in [-0.2, 0) is 11.3 Å². The molecular formula is C19H18F2N6O3. The standard InChI is InChI=1S/C19H18F2N6O3/c1-3-22-16(28)10-27-17(12-6-7-23-11(2)8-12)25-18(26-27)24-13-4-5-14-15(9-13)30-19(20,21)29-14/h4-9H,3,10H2,1-2H3,(H,22,28)(H,24,26). The Morgan fingerprint density at radius 2 is 2.00 bits per heavy atom. The van der Waals surface area contributed by atoms with Crippen LogP contribution in [0.25, 0.3) is 11.4 Å². The Labute approximate surface area is 170 Å². The third-order valence-electron chi connectivity index (χ3n) is 4.15. The zero-order chi connectivity index (χ0) is 21.3. The number of nitrogens with one attached hydrogen (secondary N) is 2. The molecule has 3 heterocycles. The van der Waals surface area contributed by atoms with Crippen LogP contribution in [0, 0.1) is 6.92 Å². The van der Waals surface area contributed by atoms with Gasteiger partial charge in [-0.15, -0.1) is 13.9 Å². The first-order chi connectivity index (χ1) is 14.3. The number of halogens is 2. The van der Waals surface area contributed by atoms with Crippen molar-refractivity contribution in [3.05, 3.63) is 42.2 Å². The maximum atomic E-state index is 13.2. The van der Waals surface area contributed by atoms with Gasteiger partial charge in [-0.2, -0.15) is 4.98 Å². The Balaban J connectivity index is 1.63. The van der Waals surface area contributed by atoms with Crippen LogP contribution in [-0.4, -0.2) is 38.5 Å². The first kappa shape index (κ1) is 19.6. The van der Waals surface area contributed by atoms with Crippen LogP contribution in [0.15, 0.2) is 36.5 Å². The number of benzene rings is 1. The van der Waals surface area contributed by atoms with E-state index < -0.39 is 6.29 Å². The highest BCUT2D eigenvalue weighted by atomic mass is 19.3. The van der Waals surface area contributed by atoms with Gasteiger partial charge in [-0.3, -0.25) is 9.78 Å². The van der Waals surface area contributed by atoms with Gasteiger partial charge in [0.05, 0.1) is 0 Å². The van der Waals surface area contributed by atoms with Crippen molar-refractivity contribution in [3.63, 3.8) is 0 Å². The van der Waals surface area contributed by atoms with Gasteiger partial charge >= 0.3 is 6.29 Å². The molecule has 1 aliphatic rings. The van der Waals surface area contributed by atoms with Gasteiger partial charge in [0.15, 0.2) is 17.3 Å². The number of ether oxygens (including phenoxy) is 2. The molecule has 0 saturated heterocycles. The monoisotopic (exact) mass is 416 g/mol. The Hall–Kier alpha value is -3.76. The Morgan fingerprint density at radius 3 is 2.77 bits per heavy atom. The topological polar surface area (TPSA) is 103 Å². The molecule has 1 aliphatic heterocycles. The summed E-state index contributed by atoms with van der Waals surface area (Å²) >= 11 is 0. The molecule has 0 aliphatic carbocycles. The molecule has 4 rings (SSSR count). The van der Waals surface area contributed by atoms with Crippen molar-refractivity contribution in [2.24, 2.45) is 0 Å². The highest BCUT2D eigenvalue weighted by Crippen LogP contribution is 2.42. The molecule has 1 amide bonds. The molecule has 0 unspecified atom stereocenters. The smallest absolute Gasteiger partial charge is 0.395 e. The van der Waals surface area contributed by atoms with E-state index in [0.717, 1.165) is 11.3 Å². The second-order valence-electron chi connectivity index (χ2n) is 6.51. The molecule has 9 nitrogen and oxygen atoms in total. The number of nitrogens with zero attached hydrogens (tertiary/aromatic N) is 4. The molecule has 2 N–H and O–H groups in total. The quantitative estimate of drug-likeness (QED) is 0.637. The molecule has 0 fully saturated rings. The van der Waals surface area contributed by atoms with Crippen LogP contribution in [0.1, 0.15) is 12.6 Å². The van der Waals surface area contributed by atoms with E-state index in [1.807, 2.05) is 19.9 Å². The highest BCUT2D eigenvalue weighted by molar-refractivity contribution is 5.76. The number of carbonyl (C=O) groups is 1. The normalized spacial score (nSPS) is 13.9. The number of rotatable bonds is 6. The number of aryl methyl sites for hydroxylation is 1. The third kappa shape index (κ3) is 4.14. The summed E-state index contributed by atoms with van der Waals surface area (Å²) in [5, 5.41) is 10.0. The van der Waals surface area contributed by atoms with Gasteiger partial charge in [-0.25, -0.2) is 4.68 Å². The number of alkyl halides is 2. The average Bonchev–Trinajstić information content (AvgIpc) is 3.20. The summed E-state index contributed by atoms with van der Waals surface area (Å²) in [4.78, 5) is 20.7. The predicted molar refractivity (Wildman–Crippen MR) is 103 cm³/mol. The molecule has 1 aromatic carbocycles. The molecule has 0 saturated carbocycles. The van der Waals surface area contributed by atoms with Gasteiger partial charge < -0.3 is 20.1 Å². The van der Waals surface area contributed by atoms with E-state index in [1.54, 1.807) is 12.3 Å². The maximum Gasteiger partial charge on any atom is 0.586 e. The first-order valence-electron chi connectivity index (χ1n) is 9.14.